The first-order valence-corrected chi connectivity index (χ1v) is 19.8. The molecule has 21 nitrogen and oxygen atoms in total. The fraction of sp³-hybridized carbons (Fsp3) is 0.512. The lowest BCUT2D eigenvalue weighted by Crippen LogP contribution is -2.60. The molecule has 2 aliphatic rings. The number of carbonyl (C=O) groups excluding carboxylic acids is 3. The van der Waals surface area contributed by atoms with Crippen molar-refractivity contribution in [1.29, 1.82) is 0 Å². The number of rotatable bonds is 17. The number of hydrogen-bond acceptors (Lipinski definition) is 19. The summed E-state index contributed by atoms with van der Waals surface area (Å²) in [5.74, 6) is -4.31. The molecule has 2 aromatic carbocycles. The van der Waals surface area contributed by atoms with Crippen LogP contribution in [0.25, 0.3) is 17.0 Å². The van der Waals surface area contributed by atoms with Gasteiger partial charge in [-0.1, -0.05) is 39.0 Å². The molecule has 0 spiro atoms. The summed E-state index contributed by atoms with van der Waals surface area (Å²) in [6, 6.07) is 7.07. The van der Waals surface area contributed by atoms with Gasteiger partial charge in [-0.3, -0.25) is 9.59 Å². The normalized spacial score (nSPS) is 26.3. The van der Waals surface area contributed by atoms with Gasteiger partial charge in [0.15, 0.2) is 42.0 Å². The van der Waals surface area contributed by atoms with Gasteiger partial charge in [0.2, 0.25) is 17.4 Å². The second-order valence-corrected chi connectivity index (χ2v) is 14.6. The Kier molecular flexibility index (Phi) is 16.4. The summed E-state index contributed by atoms with van der Waals surface area (Å²) in [6.07, 6.45) is -11.5. The lowest BCUT2D eigenvalue weighted by Gasteiger charge is -2.36. The second-order valence-electron chi connectivity index (χ2n) is 14.6. The first-order valence-electron chi connectivity index (χ1n) is 19.8. The molecule has 1 amide bonds. The van der Waals surface area contributed by atoms with Crippen LogP contribution in [0.1, 0.15) is 51.0 Å². The minimum Gasteiger partial charge on any atom is -0.493 e. The van der Waals surface area contributed by atoms with E-state index in [2.05, 4.69) is 12.2 Å². The van der Waals surface area contributed by atoms with Crippen LogP contribution < -0.4 is 34.6 Å². The highest BCUT2D eigenvalue weighted by Gasteiger charge is 2.48. The van der Waals surface area contributed by atoms with Gasteiger partial charge in [-0.15, -0.1) is 0 Å². The number of pyridine rings is 1. The molecular weight excluding hydrogens is 824 g/mol. The fourth-order valence-corrected chi connectivity index (χ4v) is 6.73. The molecule has 0 unspecified atom stereocenters. The van der Waals surface area contributed by atoms with Crippen LogP contribution in [-0.2, 0) is 30.9 Å². The molecule has 62 heavy (non-hydrogen) atoms. The predicted octanol–water partition coefficient (Wildman–Crippen LogP) is -0.642. The lowest BCUT2D eigenvalue weighted by atomic mass is 9.99. The van der Waals surface area contributed by atoms with E-state index in [-0.39, 0.29) is 51.9 Å². The SMILES string of the molecule is CCCCCCCCOc1c(OC(=O)[C@H]2O[C@H](O)[C@H](O)[C@@H](O)[C@@H]2O)c2ccc(NC(=O)/C=C/c3cc(OC)c(OC(=O)[C@H]4O[C@H](O)[C@H](O)[C@@H](O)[C@@H]4O)c(OC)c3)cc2n(C)c1=O. The Bertz CT molecular complexity index is 2130. The Balaban J connectivity index is 1.37. The van der Waals surface area contributed by atoms with Crippen LogP contribution in [0, 0.1) is 0 Å². The largest absolute Gasteiger partial charge is 0.493 e. The number of carbonyl (C=O) groups is 3. The van der Waals surface area contributed by atoms with Crippen molar-refractivity contribution in [2.24, 2.45) is 7.05 Å². The number of unbranched alkanes of at least 4 members (excludes halogenated alkanes) is 5. The third kappa shape index (κ3) is 10.7. The number of methoxy groups -OCH3 is 2. The van der Waals surface area contributed by atoms with E-state index in [0.29, 0.717) is 12.0 Å². The van der Waals surface area contributed by atoms with E-state index >= 15 is 0 Å². The van der Waals surface area contributed by atoms with Crippen LogP contribution in [-0.4, -0.2) is 146 Å². The van der Waals surface area contributed by atoms with E-state index in [9.17, 15) is 60.0 Å². The summed E-state index contributed by atoms with van der Waals surface area (Å²) in [5.41, 5.74) is -0.0421. The maximum absolute atomic E-state index is 13.8. The van der Waals surface area contributed by atoms with E-state index in [0.717, 1.165) is 38.2 Å². The van der Waals surface area contributed by atoms with Crippen molar-refractivity contribution >= 4 is 40.5 Å². The van der Waals surface area contributed by atoms with Crippen molar-refractivity contribution in [2.45, 2.75) is 107 Å². The third-order valence-electron chi connectivity index (χ3n) is 10.3. The molecule has 3 heterocycles. The molecular formula is C41H52N2O19. The predicted molar refractivity (Wildman–Crippen MR) is 214 cm³/mol. The molecule has 0 radical (unpaired) electrons. The number of aromatic nitrogens is 1. The quantitative estimate of drug-likeness (QED) is 0.0352. The Labute approximate surface area is 354 Å². The fourth-order valence-electron chi connectivity index (χ4n) is 6.73. The maximum Gasteiger partial charge on any atom is 0.343 e. The number of benzene rings is 2. The summed E-state index contributed by atoms with van der Waals surface area (Å²) in [5, 5.41) is 83.1. The number of hydrogen-bond donors (Lipinski definition) is 9. The molecule has 1 aromatic heterocycles. The summed E-state index contributed by atoms with van der Waals surface area (Å²) < 4.78 is 38.8. The number of aliphatic hydroxyl groups excluding tert-OH is 8. The van der Waals surface area contributed by atoms with E-state index in [4.69, 9.17) is 33.2 Å². The molecule has 21 heteroatoms. The van der Waals surface area contributed by atoms with Gasteiger partial charge in [0.25, 0.3) is 5.56 Å². The van der Waals surface area contributed by atoms with Crippen LogP contribution >= 0.6 is 0 Å². The first-order chi connectivity index (χ1) is 29.5. The van der Waals surface area contributed by atoms with Gasteiger partial charge in [-0.2, -0.15) is 0 Å². The van der Waals surface area contributed by atoms with E-state index in [1.165, 1.54) is 62.2 Å². The average Bonchev–Trinajstić information content (AvgIpc) is 3.26. The topological polar surface area (TPSA) is 312 Å². The van der Waals surface area contributed by atoms with Crippen molar-refractivity contribution < 1.29 is 88.4 Å². The van der Waals surface area contributed by atoms with Crippen molar-refractivity contribution in [2.75, 3.05) is 26.1 Å². The number of fused-ring (bicyclic) bond motifs is 1. The van der Waals surface area contributed by atoms with Crippen molar-refractivity contribution in [3.63, 3.8) is 0 Å². The van der Waals surface area contributed by atoms with E-state index in [1.807, 2.05) is 0 Å². The van der Waals surface area contributed by atoms with Crippen molar-refractivity contribution in [3.8, 4) is 28.7 Å². The number of aliphatic hydroxyl groups is 8. The monoisotopic (exact) mass is 876 g/mol. The minimum atomic E-state index is -2.04. The average molecular weight is 877 g/mol. The highest BCUT2D eigenvalue weighted by molar-refractivity contribution is 6.03. The molecule has 3 aromatic rings. The maximum atomic E-state index is 13.8. The van der Waals surface area contributed by atoms with Gasteiger partial charge < -0.3 is 83.9 Å². The smallest absolute Gasteiger partial charge is 0.343 e. The van der Waals surface area contributed by atoms with E-state index in [1.54, 1.807) is 0 Å². The summed E-state index contributed by atoms with van der Waals surface area (Å²) >= 11 is 0. The highest BCUT2D eigenvalue weighted by atomic mass is 16.7. The lowest BCUT2D eigenvalue weighted by molar-refractivity contribution is -0.279. The van der Waals surface area contributed by atoms with Crippen LogP contribution in [0.5, 0.6) is 28.7 Å². The number of aryl methyl sites for hydroxylation is 1. The molecule has 5 rings (SSSR count). The van der Waals surface area contributed by atoms with E-state index < -0.39 is 84.8 Å². The number of esters is 2. The summed E-state index contributed by atoms with van der Waals surface area (Å²) in [6.45, 7) is 2.19. The molecule has 340 valence electrons. The Hall–Kier alpha value is -5.20. The zero-order chi connectivity index (χ0) is 45.4. The highest BCUT2D eigenvalue weighted by Crippen LogP contribution is 2.40. The number of ether oxygens (including phenoxy) is 7. The van der Waals surface area contributed by atoms with Crippen LogP contribution in [0.2, 0.25) is 0 Å². The number of amides is 1. The van der Waals surface area contributed by atoms with Gasteiger partial charge in [-0.05, 0) is 48.4 Å². The van der Waals surface area contributed by atoms with Gasteiger partial charge in [0.05, 0.1) is 26.3 Å². The van der Waals surface area contributed by atoms with Crippen LogP contribution in [0.3, 0.4) is 0 Å². The molecule has 2 saturated heterocycles. The number of nitrogens with one attached hydrogen (secondary N) is 1. The first kappa shape index (κ1) is 47.8. The number of anilines is 1. The number of nitrogens with zero attached hydrogens (tertiary/aromatic N) is 1. The second kappa shape index (κ2) is 21.3. The van der Waals surface area contributed by atoms with Crippen molar-refractivity contribution in [3.05, 3.63) is 52.3 Å². The van der Waals surface area contributed by atoms with Crippen LogP contribution in [0.15, 0.2) is 41.2 Å². The molecule has 2 aliphatic heterocycles. The summed E-state index contributed by atoms with van der Waals surface area (Å²) in [7, 11) is 3.93. The molecule has 0 saturated carbocycles. The zero-order valence-corrected chi connectivity index (χ0v) is 34.3. The Morgan fingerprint density at radius 3 is 1.79 bits per heavy atom. The van der Waals surface area contributed by atoms with Gasteiger partial charge >= 0.3 is 11.9 Å². The Morgan fingerprint density at radius 1 is 0.710 bits per heavy atom. The third-order valence-corrected chi connectivity index (χ3v) is 10.3. The molecule has 0 bridgehead atoms. The molecule has 10 atom stereocenters. The Morgan fingerprint density at radius 2 is 1.24 bits per heavy atom. The standard InChI is InChI=1S/C41H52N2O19/c1-5-6-7-8-9-10-15-58-36-32(59-40(54)34-28(47)26(45)30(49)38(52)61-34)21-13-12-20(18-22(21)43(2)37(36)51)42-25(44)14-11-19-16-23(56-3)33(24(17-19)57-4)60-41(55)35-29(48)27(46)31(50)39(53)62-35/h11-14,16-18,26-31,34-35,38-39,45-50,52-53H,5-10,15H2,1-4H3,(H,42,44)/b14-11+/t26-,27-,28-,29-,30+,31+,34-,35-,38-,39-/m0/s1. The molecule has 9 N–H and O–H groups in total. The zero-order valence-electron chi connectivity index (χ0n) is 34.3. The van der Waals surface area contributed by atoms with Gasteiger partial charge in [-0.25, -0.2) is 9.59 Å². The van der Waals surface area contributed by atoms with Gasteiger partial charge in [0.1, 0.15) is 36.6 Å². The van der Waals surface area contributed by atoms with Crippen molar-refractivity contribution in [1.82, 2.24) is 4.57 Å². The van der Waals surface area contributed by atoms with Gasteiger partial charge in [0, 0.05) is 24.2 Å². The minimum absolute atomic E-state index is 0.0685. The molecule has 0 aliphatic carbocycles. The van der Waals surface area contributed by atoms with Crippen LogP contribution in [0.4, 0.5) is 5.69 Å². The molecule has 2 fully saturated rings. The summed E-state index contributed by atoms with van der Waals surface area (Å²) in [4.78, 5) is 53.2.